The molecule has 1 aromatic rings. The van der Waals surface area contributed by atoms with Crippen molar-refractivity contribution in [1.82, 2.24) is 5.32 Å². The van der Waals surface area contributed by atoms with Gasteiger partial charge >= 0.3 is 0 Å². The van der Waals surface area contributed by atoms with E-state index in [2.05, 4.69) is 42.6 Å². The molecule has 0 spiro atoms. The van der Waals surface area contributed by atoms with Crippen LogP contribution in [0, 0.1) is 0 Å². The van der Waals surface area contributed by atoms with E-state index in [0.29, 0.717) is 12.1 Å². The van der Waals surface area contributed by atoms with E-state index >= 15 is 0 Å². The summed E-state index contributed by atoms with van der Waals surface area (Å²) in [5, 5.41) is 3.52. The zero-order valence-electron chi connectivity index (χ0n) is 9.28. The molecule has 2 rings (SSSR count). The van der Waals surface area contributed by atoms with Crippen molar-refractivity contribution in [3.8, 4) is 0 Å². The lowest BCUT2D eigenvalue weighted by molar-refractivity contribution is 0.0788. The van der Waals surface area contributed by atoms with Crippen LogP contribution in [0.2, 0.25) is 0 Å². The number of rotatable bonds is 4. The summed E-state index contributed by atoms with van der Waals surface area (Å²) in [6.07, 6.45) is 2.72. The molecule has 0 saturated carbocycles. The highest BCUT2D eigenvalue weighted by Gasteiger charge is 2.26. The summed E-state index contributed by atoms with van der Waals surface area (Å²) in [4.78, 5) is 0. The Kier molecular flexibility index (Phi) is 3.75. The Morgan fingerprint density at radius 1 is 1.40 bits per heavy atom. The first-order chi connectivity index (χ1) is 7.42. The van der Waals surface area contributed by atoms with Crippen molar-refractivity contribution in [3.63, 3.8) is 0 Å². The first kappa shape index (κ1) is 10.7. The minimum absolute atomic E-state index is 0.354. The molecule has 1 fully saturated rings. The van der Waals surface area contributed by atoms with Crippen LogP contribution < -0.4 is 5.32 Å². The van der Waals surface area contributed by atoms with E-state index in [4.69, 9.17) is 4.74 Å². The molecule has 2 atom stereocenters. The van der Waals surface area contributed by atoms with Crippen molar-refractivity contribution < 1.29 is 4.74 Å². The summed E-state index contributed by atoms with van der Waals surface area (Å²) in [5.41, 5.74) is 1.34. The SMILES string of the molecule is CCNC(c1ccccc1)C1CCCO1. The molecular formula is C13H19NO. The molecule has 0 amide bonds. The average Bonchev–Trinajstić information content (AvgIpc) is 2.80. The van der Waals surface area contributed by atoms with Crippen LogP contribution in [0.5, 0.6) is 0 Å². The average molecular weight is 205 g/mol. The van der Waals surface area contributed by atoms with Crippen molar-refractivity contribution in [1.29, 1.82) is 0 Å². The van der Waals surface area contributed by atoms with Gasteiger partial charge in [-0.3, -0.25) is 0 Å². The van der Waals surface area contributed by atoms with Crippen molar-refractivity contribution in [2.24, 2.45) is 0 Å². The maximum atomic E-state index is 5.76. The topological polar surface area (TPSA) is 21.3 Å². The van der Waals surface area contributed by atoms with Gasteiger partial charge in [0.1, 0.15) is 0 Å². The molecule has 1 heterocycles. The fourth-order valence-electron chi connectivity index (χ4n) is 2.21. The molecule has 0 aromatic heterocycles. The van der Waals surface area contributed by atoms with E-state index in [0.717, 1.165) is 13.2 Å². The standard InChI is InChI=1S/C13H19NO/c1-2-14-13(12-9-6-10-15-12)11-7-4-3-5-8-11/h3-5,7-8,12-14H,2,6,9-10H2,1H3. The summed E-state index contributed by atoms with van der Waals surface area (Å²) in [6, 6.07) is 11.0. The largest absolute Gasteiger partial charge is 0.376 e. The zero-order chi connectivity index (χ0) is 10.5. The van der Waals surface area contributed by atoms with Crippen LogP contribution in [-0.2, 0) is 4.74 Å². The second-order valence-electron chi connectivity index (χ2n) is 4.00. The summed E-state index contributed by atoms with van der Waals surface area (Å²) in [7, 11) is 0. The minimum Gasteiger partial charge on any atom is -0.376 e. The predicted molar refractivity (Wildman–Crippen MR) is 61.8 cm³/mol. The summed E-state index contributed by atoms with van der Waals surface area (Å²) in [5.74, 6) is 0. The first-order valence-electron chi connectivity index (χ1n) is 5.81. The third-order valence-corrected chi connectivity index (χ3v) is 2.92. The maximum absolute atomic E-state index is 5.76. The quantitative estimate of drug-likeness (QED) is 0.815. The van der Waals surface area contributed by atoms with Crippen molar-refractivity contribution >= 4 is 0 Å². The van der Waals surface area contributed by atoms with Crippen molar-refractivity contribution in [3.05, 3.63) is 35.9 Å². The lowest BCUT2D eigenvalue weighted by Crippen LogP contribution is -2.31. The molecule has 0 bridgehead atoms. The van der Waals surface area contributed by atoms with Crippen LogP contribution >= 0.6 is 0 Å². The van der Waals surface area contributed by atoms with Gasteiger partial charge in [-0.25, -0.2) is 0 Å². The number of benzene rings is 1. The number of ether oxygens (including phenoxy) is 1. The molecule has 15 heavy (non-hydrogen) atoms. The van der Waals surface area contributed by atoms with Gasteiger partial charge in [0.2, 0.25) is 0 Å². The van der Waals surface area contributed by atoms with E-state index in [1.165, 1.54) is 18.4 Å². The van der Waals surface area contributed by atoms with Crippen LogP contribution in [0.15, 0.2) is 30.3 Å². The zero-order valence-corrected chi connectivity index (χ0v) is 9.28. The minimum atomic E-state index is 0.354. The van der Waals surface area contributed by atoms with Gasteiger partial charge in [0.05, 0.1) is 12.1 Å². The Balaban J connectivity index is 2.11. The molecule has 1 aliphatic rings. The fourth-order valence-corrected chi connectivity index (χ4v) is 2.21. The van der Waals surface area contributed by atoms with Gasteiger partial charge < -0.3 is 10.1 Å². The highest BCUT2D eigenvalue weighted by molar-refractivity contribution is 5.20. The third kappa shape index (κ3) is 2.58. The first-order valence-corrected chi connectivity index (χ1v) is 5.81. The molecule has 1 aromatic carbocycles. The smallest absolute Gasteiger partial charge is 0.0770 e. The van der Waals surface area contributed by atoms with Crippen LogP contribution in [0.1, 0.15) is 31.4 Å². The van der Waals surface area contributed by atoms with E-state index in [1.54, 1.807) is 0 Å². The molecule has 0 radical (unpaired) electrons. The second-order valence-corrected chi connectivity index (χ2v) is 4.00. The van der Waals surface area contributed by atoms with Gasteiger partial charge in [0.25, 0.3) is 0 Å². The lowest BCUT2D eigenvalue weighted by atomic mass is 9.99. The summed E-state index contributed by atoms with van der Waals surface area (Å²) in [6.45, 7) is 4.05. The van der Waals surface area contributed by atoms with Gasteiger partial charge in [-0.2, -0.15) is 0 Å². The number of nitrogens with one attached hydrogen (secondary N) is 1. The highest BCUT2D eigenvalue weighted by atomic mass is 16.5. The molecular weight excluding hydrogens is 186 g/mol. The van der Waals surface area contributed by atoms with Gasteiger partial charge in [-0.1, -0.05) is 37.3 Å². The molecule has 1 aliphatic heterocycles. The fraction of sp³-hybridized carbons (Fsp3) is 0.538. The van der Waals surface area contributed by atoms with Crippen molar-refractivity contribution in [2.75, 3.05) is 13.2 Å². The molecule has 2 nitrogen and oxygen atoms in total. The lowest BCUT2D eigenvalue weighted by Gasteiger charge is -2.24. The van der Waals surface area contributed by atoms with Gasteiger partial charge in [0, 0.05) is 6.61 Å². The Morgan fingerprint density at radius 2 is 2.20 bits per heavy atom. The normalized spacial score (nSPS) is 22.9. The maximum Gasteiger partial charge on any atom is 0.0770 e. The Bertz CT molecular complexity index is 280. The molecule has 0 aliphatic carbocycles. The molecule has 82 valence electrons. The molecule has 2 unspecified atom stereocenters. The van der Waals surface area contributed by atoms with Gasteiger partial charge in [-0.15, -0.1) is 0 Å². The molecule has 2 heteroatoms. The highest BCUT2D eigenvalue weighted by Crippen LogP contribution is 2.26. The molecule has 1 N–H and O–H groups in total. The van der Waals surface area contributed by atoms with Crippen LogP contribution in [0.3, 0.4) is 0 Å². The Morgan fingerprint density at radius 3 is 2.80 bits per heavy atom. The summed E-state index contributed by atoms with van der Waals surface area (Å²) >= 11 is 0. The monoisotopic (exact) mass is 205 g/mol. The Labute approximate surface area is 91.6 Å². The number of hydrogen-bond acceptors (Lipinski definition) is 2. The van der Waals surface area contributed by atoms with E-state index in [-0.39, 0.29) is 0 Å². The molecule has 1 saturated heterocycles. The van der Waals surface area contributed by atoms with E-state index in [9.17, 15) is 0 Å². The number of likely N-dealkylation sites (N-methyl/N-ethyl adjacent to an activating group) is 1. The van der Waals surface area contributed by atoms with Crippen LogP contribution in [0.25, 0.3) is 0 Å². The second kappa shape index (κ2) is 5.29. The van der Waals surface area contributed by atoms with Gasteiger partial charge in [0.15, 0.2) is 0 Å². The summed E-state index contributed by atoms with van der Waals surface area (Å²) < 4.78 is 5.76. The van der Waals surface area contributed by atoms with Crippen LogP contribution in [0.4, 0.5) is 0 Å². The Hall–Kier alpha value is -0.860. The third-order valence-electron chi connectivity index (χ3n) is 2.92. The van der Waals surface area contributed by atoms with E-state index in [1.807, 2.05) is 0 Å². The predicted octanol–water partition coefficient (Wildman–Crippen LogP) is 2.52. The number of hydrogen-bond donors (Lipinski definition) is 1. The van der Waals surface area contributed by atoms with E-state index < -0.39 is 0 Å². The van der Waals surface area contributed by atoms with Crippen LogP contribution in [-0.4, -0.2) is 19.3 Å². The van der Waals surface area contributed by atoms with Gasteiger partial charge in [-0.05, 0) is 24.9 Å². The van der Waals surface area contributed by atoms with Crippen molar-refractivity contribution in [2.45, 2.75) is 31.9 Å².